The number of aromatic nitrogens is 8. The molecule has 0 aliphatic carbocycles. The maximum atomic E-state index is 15.3. The summed E-state index contributed by atoms with van der Waals surface area (Å²) in [4.78, 5) is 4.05. The van der Waals surface area contributed by atoms with Crippen LogP contribution in [0.15, 0.2) is 98.0 Å². The third kappa shape index (κ3) is 4.90. The summed E-state index contributed by atoms with van der Waals surface area (Å²) in [5.74, 6) is -1.07. The van der Waals surface area contributed by atoms with Crippen molar-refractivity contribution in [3.8, 4) is 27.9 Å². The van der Waals surface area contributed by atoms with Crippen molar-refractivity contribution in [1.29, 1.82) is 0 Å². The van der Waals surface area contributed by atoms with Gasteiger partial charge < -0.3 is 5.21 Å². The molecule has 1 atom stereocenters. The lowest BCUT2D eigenvalue weighted by Gasteiger charge is -2.18. The molecule has 0 aliphatic rings. The van der Waals surface area contributed by atoms with Crippen molar-refractivity contribution in [3.63, 3.8) is 0 Å². The number of halogens is 3. The van der Waals surface area contributed by atoms with Crippen molar-refractivity contribution in [2.75, 3.05) is 0 Å². The molecule has 0 fully saturated rings. The number of benzene rings is 2. The van der Waals surface area contributed by atoms with Gasteiger partial charge >= 0.3 is 0 Å². The van der Waals surface area contributed by atoms with Crippen molar-refractivity contribution in [1.82, 2.24) is 35.0 Å². The first-order chi connectivity index (χ1) is 19.5. The highest BCUT2D eigenvalue weighted by molar-refractivity contribution is 6.31. The number of rotatable bonds is 7. The molecular formula is C28H19ClF2N8O. The quantitative estimate of drug-likeness (QED) is 0.203. The summed E-state index contributed by atoms with van der Waals surface area (Å²) in [6.45, 7) is 0. The average molecular weight is 557 g/mol. The molecule has 4 aromatic heterocycles. The molecular weight excluding hydrogens is 538 g/mol. The van der Waals surface area contributed by atoms with Gasteiger partial charge in [-0.15, -0.1) is 5.10 Å². The first kappa shape index (κ1) is 25.3. The van der Waals surface area contributed by atoms with Crippen LogP contribution in [0.25, 0.3) is 27.9 Å². The zero-order valence-electron chi connectivity index (χ0n) is 20.6. The Morgan fingerprint density at radius 3 is 2.45 bits per heavy atom. The molecule has 0 unspecified atom stereocenters. The minimum Gasteiger partial charge on any atom is -0.618 e. The Bertz CT molecular complexity index is 1780. The van der Waals surface area contributed by atoms with E-state index >= 15 is 4.39 Å². The standard InChI is InChI=1S/C28H19ClF2N8O/c29-23-6-8-25(38-17-33-35-36-38)27(28(23)31)20-3-7-24(39(40)16-20)26(13-18-1-4-22(30)5-2-18)37-15-21(14-34-37)19-9-11-32-12-10-19/h1-12,14-17,26H,13H2/t26-/m0/s1. The van der Waals surface area contributed by atoms with Crippen molar-refractivity contribution in [3.05, 3.63) is 131 Å². The topological polar surface area (TPSA) is 101 Å². The summed E-state index contributed by atoms with van der Waals surface area (Å²) < 4.78 is 32.6. The van der Waals surface area contributed by atoms with E-state index in [1.54, 1.807) is 53.6 Å². The first-order valence-corrected chi connectivity index (χ1v) is 12.5. The van der Waals surface area contributed by atoms with E-state index in [4.69, 9.17) is 11.6 Å². The fourth-order valence-corrected chi connectivity index (χ4v) is 4.71. The Labute approximate surface area is 231 Å². The molecule has 9 nitrogen and oxygen atoms in total. The Hall–Kier alpha value is -5.03. The van der Waals surface area contributed by atoms with E-state index in [0.29, 0.717) is 22.5 Å². The monoisotopic (exact) mass is 556 g/mol. The van der Waals surface area contributed by atoms with Crippen LogP contribution in [0.3, 0.4) is 0 Å². The second kappa shape index (κ2) is 10.6. The van der Waals surface area contributed by atoms with Gasteiger partial charge in [0.1, 0.15) is 18.2 Å². The summed E-state index contributed by atoms with van der Waals surface area (Å²) in [6, 6.07) is 15.5. The molecule has 0 N–H and O–H groups in total. The van der Waals surface area contributed by atoms with Crippen molar-refractivity contribution < 1.29 is 13.5 Å². The van der Waals surface area contributed by atoms with Crippen LogP contribution < -0.4 is 4.73 Å². The van der Waals surface area contributed by atoms with Crippen LogP contribution in [0.4, 0.5) is 8.78 Å². The zero-order chi connectivity index (χ0) is 27.6. The normalized spacial score (nSPS) is 12.0. The van der Waals surface area contributed by atoms with Gasteiger partial charge in [0, 0.05) is 36.6 Å². The summed E-state index contributed by atoms with van der Waals surface area (Å²) in [7, 11) is 0. The molecule has 0 bridgehead atoms. The van der Waals surface area contributed by atoms with Crippen molar-refractivity contribution in [2.45, 2.75) is 12.5 Å². The van der Waals surface area contributed by atoms with E-state index < -0.39 is 11.9 Å². The summed E-state index contributed by atoms with van der Waals surface area (Å²) in [5.41, 5.74) is 3.58. The Morgan fingerprint density at radius 2 is 1.73 bits per heavy atom. The molecule has 198 valence electrons. The minimum atomic E-state index is -0.709. The Kier molecular flexibility index (Phi) is 6.71. The lowest BCUT2D eigenvalue weighted by atomic mass is 10.00. The average Bonchev–Trinajstić information content (AvgIpc) is 3.68. The van der Waals surface area contributed by atoms with E-state index in [1.807, 2.05) is 18.3 Å². The first-order valence-electron chi connectivity index (χ1n) is 12.1. The lowest BCUT2D eigenvalue weighted by Crippen LogP contribution is -2.36. The van der Waals surface area contributed by atoms with Crippen molar-refractivity contribution >= 4 is 11.6 Å². The number of tetrazole rings is 1. The lowest BCUT2D eigenvalue weighted by molar-refractivity contribution is -0.615. The molecule has 0 saturated carbocycles. The van der Waals surface area contributed by atoms with Crippen molar-refractivity contribution in [2.24, 2.45) is 0 Å². The number of pyridine rings is 2. The maximum absolute atomic E-state index is 15.3. The van der Waals surface area contributed by atoms with Gasteiger partial charge in [-0.3, -0.25) is 9.67 Å². The maximum Gasteiger partial charge on any atom is 0.217 e. The van der Waals surface area contributed by atoms with Crippen LogP contribution in [-0.4, -0.2) is 35.0 Å². The number of hydrogen-bond donors (Lipinski definition) is 0. The van der Waals surface area contributed by atoms with Gasteiger partial charge in [0.2, 0.25) is 5.69 Å². The van der Waals surface area contributed by atoms with E-state index in [-0.39, 0.29) is 22.0 Å². The fraction of sp³-hybridized carbons (Fsp3) is 0.0714. The predicted molar refractivity (Wildman–Crippen MR) is 142 cm³/mol. The molecule has 0 aliphatic heterocycles. The number of nitrogens with zero attached hydrogens (tertiary/aromatic N) is 8. The second-order valence-electron chi connectivity index (χ2n) is 8.97. The molecule has 0 spiro atoms. The molecule has 6 rings (SSSR count). The van der Waals surface area contributed by atoms with Gasteiger partial charge in [0.15, 0.2) is 12.0 Å². The van der Waals surface area contributed by atoms with Gasteiger partial charge in [-0.2, -0.15) is 14.5 Å². The smallest absolute Gasteiger partial charge is 0.217 e. The Balaban J connectivity index is 1.44. The van der Waals surface area contributed by atoms with Gasteiger partial charge in [0.25, 0.3) is 0 Å². The fourth-order valence-electron chi connectivity index (χ4n) is 4.56. The minimum absolute atomic E-state index is 0.0742. The van der Waals surface area contributed by atoms with E-state index in [0.717, 1.165) is 16.7 Å². The molecule has 40 heavy (non-hydrogen) atoms. The van der Waals surface area contributed by atoms with Crippen LogP contribution in [0.2, 0.25) is 5.02 Å². The van der Waals surface area contributed by atoms with Crippen LogP contribution in [0.5, 0.6) is 0 Å². The molecule has 0 radical (unpaired) electrons. The highest BCUT2D eigenvalue weighted by Gasteiger charge is 2.26. The predicted octanol–water partition coefficient (Wildman–Crippen LogP) is 4.98. The van der Waals surface area contributed by atoms with Crippen LogP contribution in [-0.2, 0) is 6.42 Å². The van der Waals surface area contributed by atoms with E-state index in [2.05, 4.69) is 25.6 Å². The van der Waals surface area contributed by atoms with Gasteiger partial charge in [-0.05, 0) is 64.0 Å². The molecule has 0 amide bonds. The summed E-state index contributed by atoms with van der Waals surface area (Å²) in [5, 5.41) is 29.1. The molecule has 12 heteroatoms. The van der Waals surface area contributed by atoms with Crippen LogP contribution in [0, 0.1) is 16.8 Å². The molecule has 0 saturated heterocycles. The SMILES string of the molecule is [O-][n+]1cc(-c2c(-n3cnnn3)ccc(Cl)c2F)ccc1[C@H](Cc1ccc(F)cc1)n1cc(-c2ccncc2)cn1. The molecule has 4 heterocycles. The third-order valence-corrected chi connectivity index (χ3v) is 6.81. The largest absolute Gasteiger partial charge is 0.618 e. The summed E-state index contributed by atoms with van der Waals surface area (Å²) in [6.07, 6.45) is 9.86. The highest BCUT2D eigenvalue weighted by atomic mass is 35.5. The highest BCUT2D eigenvalue weighted by Crippen LogP contribution is 2.33. The van der Waals surface area contributed by atoms with E-state index in [1.165, 1.54) is 35.4 Å². The molecule has 2 aromatic carbocycles. The van der Waals surface area contributed by atoms with Gasteiger partial charge in [-0.1, -0.05) is 23.7 Å². The van der Waals surface area contributed by atoms with Crippen LogP contribution in [0.1, 0.15) is 17.3 Å². The second-order valence-corrected chi connectivity index (χ2v) is 9.38. The third-order valence-electron chi connectivity index (χ3n) is 6.52. The van der Waals surface area contributed by atoms with E-state index in [9.17, 15) is 9.60 Å². The zero-order valence-corrected chi connectivity index (χ0v) is 21.4. The Morgan fingerprint density at radius 1 is 0.925 bits per heavy atom. The summed E-state index contributed by atoms with van der Waals surface area (Å²) >= 11 is 6.09. The van der Waals surface area contributed by atoms with Crippen LogP contribution >= 0.6 is 11.6 Å². The van der Waals surface area contributed by atoms with Gasteiger partial charge in [0.05, 0.1) is 28.0 Å². The molecule has 6 aromatic rings. The van der Waals surface area contributed by atoms with Gasteiger partial charge in [-0.25, -0.2) is 8.78 Å². The number of hydrogen-bond acceptors (Lipinski definition) is 6.